The zero-order chi connectivity index (χ0) is 20.3. The molecule has 0 spiro atoms. The minimum absolute atomic E-state index is 0.0246. The lowest BCUT2D eigenvalue weighted by molar-refractivity contribution is -0.138. The van der Waals surface area contributed by atoms with Crippen LogP contribution < -0.4 is 21.7 Å². The standard InChI is InChI=1S/C15H28N4O5S2/c1-8(2)12(19-13(22)9(16)4-5-26-3)15(24)18-10(7-25)14(23)17-6-11(20)21/h8-10,12,25H,4-7,16H2,1-3H3,(H,17,23)(H,18,24)(H,19,22)(H,20,21). The molecule has 0 aromatic carbocycles. The number of thiol groups is 1. The number of carbonyl (C=O) groups is 4. The molecular formula is C15H28N4O5S2. The van der Waals surface area contributed by atoms with Crippen molar-refractivity contribution in [3.63, 3.8) is 0 Å². The van der Waals surface area contributed by atoms with Crippen molar-refractivity contribution >= 4 is 48.1 Å². The molecule has 3 unspecified atom stereocenters. The number of carboxylic acid groups (broad SMARTS) is 1. The van der Waals surface area contributed by atoms with Crippen LogP contribution in [0.4, 0.5) is 0 Å². The Kier molecular flexibility index (Phi) is 12.1. The van der Waals surface area contributed by atoms with Crippen molar-refractivity contribution in [2.45, 2.75) is 38.4 Å². The number of carboxylic acids is 1. The van der Waals surface area contributed by atoms with E-state index in [2.05, 4.69) is 28.6 Å². The molecule has 26 heavy (non-hydrogen) atoms. The van der Waals surface area contributed by atoms with Gasteiger partial charge in [0.1, 0.15) is 18.6 Å². The van der Waals surface area contributed by atoms with Crippen LogP contribution in [0.5, 0.6) is 0 Å². The Bertz CT molecular complexity index is 504. The fourth-order valence-corrected chi connectivity index (χ4v) is 2.66. The second-order valence-electron chi connectivity index (χ2n) is 5.97. The number of hydrogen-bond donors (Lipinski definition) is 6. The van der Waals surface area contributed by atoms with Gasteiger partial charge in [0.25, 0.3) is 0 Å². The van der Waals surface area contributed by atoms with Gasteiger partial charge >= 0.3 is 5.97 Å². The van der Waals surface area contributed by atoms with Crippen LogP contribution in [0.1, 0.15) is 20.3 Å². The normalized spacial score (nSPS) is 14.2. The first kappa shape index (κ1) is 24.5. The Labute approximate surface area is 163 Å². The maximum atomic E-state index is 12.5. The Morgan fingerprint density at radius 2 is 1.73 bits per heavy atom. The van der Waals surface area contributed by atoms with Gasteiger partial charge in [-0.15, -0.1) is 0 Å². The average Bonchev–Trinajstić information content (AvgIpc) is 2.58. The first-order valence-corrected chi connectivity index (χ1v) is 10.1. The minimum atomic E-state index is -1.20. The van der Waals surface area contributed by atoms with Gasteiger partial charge in [-0.1, -0.05) is 13.8 Å². The molecule has 0 rings (SSSR count). The van der Waals surface area contributed by atoms with E-state index in [9.17, 15) is 19.2 Å². The van der Waals surface area contributed by atoms with Gasteiger partial charge < -0.3 is 26.8 Å². The predicted octanol–water partition coefficient (Wildman–Crippen LogP) is -1.18. The highest BCUT2D eigenvalue weighted by Gasteiger charge is 2.29. The molecule has 9 nitrogen and oxygen atoms in total. The van der Waals surface area contributed by atoms with E-state index in [-0.39, 0.29) is 11.7 Å². The molecule has 0 heterocycles. The molecule has 0 saturated carbocycles. The smallest absolute Gasteiger partial charge is 0.322 e. The maximum Gasteiger partial charge on any atom is 0.322 e. The predicted molar refractivity (Wildman–Crippen MR) is 104 cm³/mol. The van der Waals surface area contributed by atoms with E-state index in [1.807, 2.05) is 6.26 Å². The third-order valence-electron chi connectivity index (χ3n) is 3.45. The van der Waals surface area contributed by atoms with E-state index < -0.39 is 48.4 Å². The average molecular weight is 409 g/mol. The van der Waals surface area contributed by atoms with Crippen molar-refractivity contribution in [3.05, 3.63) is 0 Å². The van der Waals surface area contributed by atoms with Gasteiger partial charge in [0.05, 0.1) is 6.04 Å². The number of hydrogen-bond acceptors (Lipinski definition) is 7. The largest absolute Gasteiger partial charge is 0.480 e. The molecule has 0 radical (unpaired) electrons. The zero-order valence-electron chi connectivity index (χ0n) is 15.2. The number of nitrogens with two attached hydrogens (primary N) is 1. The van der Waals surface area contributed by atoms with Crippen LogP contribution in [0.15, 0.2) is 0 Å². The lowest BCUT2D eigenvalue weighted by atomic mass is 10.0. The topological polar surface area (TPSA) is 151 Å². The van der Waals surface area contributed by atoms with E-state index in [1.165, 1.54) is 0 Å². The van der Waals surface area contributed by atoms with E-state index in [4.69, 9.17) is 10.8 Å². The molecule has 0 aromatic heterocycles. The van der Waals surface area contributed by atoms with Crippen LogP contribution in [0.25, 0.3) is 0 Å². The van der Waals surface area contributed by atoms with Gasteiger partial charge in [-0.05, 0) is 24.3 Å². The third-order valence-corrected chi connectivity index (χ3v) is 4.46. The highest BCUT2D eigenvalue weighted by atomic mass is 32.2. The molecular weight excluding hydrogens is 380 g/mol. The molecule has 0 aliphatic carbocycles. The van der Waals surface area contributed by atoms with Gasteiger partial charge in [0, 0.05) is 5.75 Å². The summed E-state index contributed by atoms with van der Waals surface area (Å²) >= 11 is 5.57. The number of nitrogens with one attached hydrogen (secondary N) is 3. The summed E-state index contributed by atoms with van der Waals surface area (Å²) in [6.45, 7) is 2.93. The van der Waals surface area contributed by atoms with Crippen LogP contribution in [0.3, 0.4) is 0 Å². The monoisotopic (exact) mass is 408 g/mol. The fraction of sp³-hybridized carbons (Fsp3) is 0.733. The molecule has 6 N–H and O–H groups in total. The summed E-state index contributed by atoms with van der Waals surface area (Å²) < 4.78 is 0. The molecule has 0 bridgehead atoms. The molecule has 150 valence electrons. The Hall–Kier alpha value is -1.46. The second-order valence-corrected chi connectivity index (χ2v) is 7.32. The van der Waals surface area contributed by atoms with Crippen LogP contribution in [-0.4, -0.2) is 71.2 Å². The number of rotatable bonds is 12. The Morgan fingerprint density at radius 1 is 1.12 bits per heavy atom. The molecule has 0 aliphatic heterocycles. The third kappa shape index (κ3) is 9.30. The maximum absolute atomic E-state index is 12.5. The van der Waals surface area contributed by atoms with E-state index in [1.54, 1.807) is 25.6 Å². The highest BCUT2D eigenvalue weighted by molar-refractivity contribution is 7.98. The summed E-state index contributed by atoms with van der Waals surface area (Å²) in [5.41, 5.74) is 5.81. The molecule has 0 saturated heterocycles. The summed E-state index contributed by atoms with van der Waals surface area (Å²) in [6, 6.07) is -2.62. The van der Waals surface area contributed by atoms with E-state index in [0.717, 1.165) is 5.75 Å². The summed E-state index contributed by atoms with van der Waals surface area (Å²) in [4.78, 5) is 47.0. The highest BCUT2D eigenvalue weighted by Crippen LogP contribution is 2.05. The Balaban J connectivity index is 4.86. The SMILES string of the molecule is CSCCC(N)C(=O)NC(C(=O)NC(CS)C(=O)NCC(=O)O)C(C)C. The molecule has 0 aromatic rings. The molecule has 3 atom stereocenters. The second kappa shape index (κ2) is 12.8. The van der Waals surface area contributed by atoms with Gasteiger partial charge in [0.15, 0.2) is 0 Å². The molecule has 11 heteroatoms. The van der Waals surface area contributed by atoms with Crippen LogP contribution >= 0.6 is 24.4 Å². The minimum Gasteiger partial charge on any atom is -0.480 e. The number of thioether (sulfide) groups is 1. The lowest BCUT2D eigenvalue weighted by Crippen LogP contribution is -2.58. The number of aliphatic carboxylic acids is 1. The van der Waals surface area contributed by atoms with Crippen molar-refractivity contribution < 1.29 is 24.3 Å². The summed E-state index contributed by atoms with van der Waals surface area (Å²) in [5, 5.41) is 15.9. The van der Waals surface area contributed by atoms with E-state index >= 15 is 0 Å². The van der Waals surface area contributed by atoms with Crippen LogP contribution in [0, 0.1) is 5.92 Å². The van der Waals surface area contributed by atoms with E-state index in [0.29, 0.717) is 6.42 Å². The first-order chi connectivity index (χ1) is 12.1. The van der Waals surface area contributed by atoms with Crippen molar-refractivity contribution in [1.82, 2.24) is 16.0 Å². The van der Waals surface area contributed by atoms with Gasteiger partial charge in [0.2, 0.25) is 17.7 Å². The van der Waals surface area contributed by atoms with Crippen molar-refractivity contribution in [1.29, 1.82) is 0 Å². The van der Waals surface area contributed by atoms with Crippen molar-refractivity contribution in [2.24, 2.45) is 11.7 Å². The summed E-state index contributed by atoms with van der Waals surface area (Å²) in [6.07, 6.45) is 2.39. The van der Waals surface area contributed by atoms with Gasteiger partial charge in [-0.3, -0.25) is 19.2 Å². The number of carbonyl (C=O) groups excluding carboxylic acids is 3. The summed E-state index contributed by atoms with van der Waals surface area (Å²) in [5.74, 6) is -2.41. The lowest BCUT2D eigenvalue weighted by Gasteiger charge is -2.25. The van der Waals surface area contributed by atoms with Gasteiger partial charge in [-0.2, -0.15) is 24.4 Å². The molecule has 3 amide bonds. The summed E-state index contributed by atoms with van der Waals surface area (Å²) in [7, 11) is 0. The zero-order valence-corrected chi connectivity index (χ0v) is 16.9. The fourth-order valence-electron chi connectivity index (χ4n) is 1.91. The Morgan fingerprint density at radius 3 is 2.19 bits per heavy atom. The van der Waals surface area contributed by atoms with Crippen LogP contribution in [0.2, 0.25) is 0 Å². The molecule has 0 aliphatic rings. The van der Waals surface area contributed by atoms with Crippen molar-refractivity contribution in [2.75, 3.05) is 24.3 Å². The van der Waals surface area contributed by atoms with Crippen LogP contribution in [-0.2, 0) is 19.2 Å². The first-order valence-electron chi connectivity index (χ1n) is 8.09. The quantitative estimate of drug-likeness (QED) is 0.223. The molecule has 0 fully saturated rings. The number of amides is 3. The van der Waals surface area contributed by atoms with Crippen molar-refractivity contribution in [3.8, 4) is 0 Å². The van der Waals surface area contributed by atoms with Gasteiger partial charge in [-0.25, -0.2) is 0 Å².